The number of hydrogen-bond acceptors (Lipinski definition) is 5. The third kappa shape index (κ3) is 5.80. The van der Waals surface area contributed by atoms with Gasteiger partial charge in [-0.05, 0) is 80.8 Å². The molecule has 1 spiro atoms. The number of H-pyrrole nitrogens is 2. The Balaban J connectivity index is 1.04. The van der Waals surface area contributed by atoms with Crippen LogP contribution in [0.3, 0.4) is 0 Å². The van der Waals surface area contributed by atoms with Gasteiger partial charge in [-0.3, -0.25) is 9.69 Å². The van der Waals surface area contributed by atoms with Crippen LogP contribution in [0.25, 0.3) is 0 Å². The molecule has 2 aromatic heterocycles. The molecule has 1 aliphatic carbocycles. The molecule has 1 saturated carbocycles. The normalized spacial score (nSPS) is 20.3. The molecule has 4 heterocycles. The van der Waals surface area contributed by atoms with Gasteiger partial charge in [-0.1, -0.05) is 18.6 Å². The Morgan fingerprint density at radius 2 is 1.54 bits per heavy atom. The van der Waals surface area contributed by atoms with Gasteiger partial charge in [0.2, 0.25) is 0 Å². The fraction of sp³-hybridized carbons (Fsp3) is 0.552. The number of hydrogen-bond donors (Lipinski definition) is 2. The first kappa shape index (κ1) is 24.4. The zero-order valence-corrected chi connectivity index (χ0v) is 21.7. The molecule has 2 saturated heterocycles. The Morgan fingerprint density at radius 1 is 0.919 bits per heavy atom. The molecular weight excluding hydrogens is 462 g/mol. The molecule has 8 nitrogen and oxygen atoms in total. The third-order valence-corrected chi connectivity index (χ3v) is 8.86. The topological polar surface area (TPSA) is 84.2 Å². The van der Waals surface area contributed by atoms with Gasteiger partial charge >= 0.3 is 0 Å². The molecule has 3 aliphatic rings. The van der Waals surface area contributed by atoms with E-state index < -0.39 is 0 Å². The van der Waals surface area contributed by atoms with Crippen molar-refractivity contribution < 1.29 is 4.79 Å². The number of rotatable bonds is 9. The Bertz CT molecular complexity index is 1090. The van der Waals surface area contributed by atoms with Crippen LogP contribution in [-0.4, -0.2) is 73.3 Å². The van der Waals surface area contributed by atoms with Crippen molar-refractivity contribution in [2.75, 3.05) is 32.7 Å². The number of benzene rings is 1. The first-order valence-electron chi connectivity index (χ1n) is 13.9. The summed E-state index contributed by atoms with van der Waals surface area (Å²) in [5, 5.41) is 0. The van der Waals surface area contributed by atoms with Crippen LogP contribution in [0.4, 0.5) is 0 Å². The van der Waals surface area contributed by atoms with E-state index in [-0.39, 0.29) is 5.91 Å². The number of aromatic amines is 2. The summed E-state index contributed by atoms with van der Waals surface area (Å²) in [6.07, 6.45) is 15.4. The van der Waals surface area contributed by atoms with Crippen LogP contribution in [-0.2, 0) is 19.6 Å². The lowest BCUT2D eigenvalue weighted by Gasteiger charge is -2.41. The molecule has 37 heavy (non-hydrogen) atoms. The molecule has 2 aliphatic heterocycles. The van der Waals surface area contributed by atoms with E-state index in [0.29, 0.717) is 24.1 Å². The van der Waals surface area contributed by atoms with Crippen molar-refractivity contribution in [3.63, 3.8) is 0 Å². The maximum Gasteiger partial charge on any atom is 0.254 e. The smallest absolute Gasteiger partial charge is 0.254 e. The Morgan fingerprint density at radius 3 is 2.08 bits per heavy atom. The second-order valence-electron chi connectivity index (χ2n) is 11.5. The standard InChI is InChI=1S/C29H39N7O/c37-28(36(20-26-30-11-12-31-26)21-27-32-13-14-33-27)25-6-4-24(5-7-25)19-35-17-10-29(22-35)8-15-34(16-9-29)18-23-2-1-3-23/h4-7,11-14,23H,1-3,8-10,15-22H2,(H,30,31)(H,32,33). The number of nitrogens with zero attached hydrogens (tertiary/aromatic N) is 5. The van der Waals surface area contributed by atoms with E-state index in [1.165, 1.54) is 76.8 Å². The van der Waals surface area contributed by atoms with Crippen LogP contribution in [0, 0.1) is 11.3 Å². The second-order valence-corrected chi connectivity index (χ2v) is 11.5. The van der Waals surface area contributed by atoms with Crippen molar-refractivity contribution >= 4 is 5.91 Å². The number of imidazole rings is 2. The molecule has 3 fully saturated rings. The lowest BCUT2D eigenvalue weighted by atomic mass is 9.77. The number of carbonyl (C=O) groups is 1. The predicted octanol–water partition coefficient (Wildman–Crippen LogP) is 4.06. The average molecular weight is 502 g/mol. The average Bonchev–Trinajstić information content (AvgIpc) is 3.66. The second kappa shape index (κ2) is 10.8. The summed E-state index contributed by atoms with van der Waals surface area (Å²) >= 11 is 0. The summed E-state index contributed by atoms with van der Waals surface area (Å²) in [7, 11) is 0. The maximum atomic E-state index is 13.4. The van der Waals surface area contributed by atoms with Gasteiger partial charge in [0.15, 0.2) is 0 Å². The third-order valence-electron chi connectivity index (χ3n) is 8.86. The van der Waals surface area contributed by atoms with Crippen molar-refractivity contribution in [3.05, 3.63) is 71.8 Å². The van der Waals surface area contributed by atoms with Crippen molar-refractivity contribution in [1.29, 1.82) is 0 Å². The van der Waals surface area contributed by atoms with Gasteiger partial charge < -0.3 is 19.8 Å². The number of nitrogens with one attached hydrogen (secondary N) is 2. The van der Waals surface area contributed by atoms with E-state index in [2.05, 4.69) is 41.9 Å². The number of carbonyl (C=O) groups excluding carboxylic acids is 1. The summed E-state index contributed by atoms with van der Waals surface area (Å²) in [5.74, 6) is 2.47. The van der Waals surface area contributed by atoms with Crippen LogP contribution < -0.4 is 0 Å². The van der Waals surface area contributed by atoms with Gasteiger partial charge in [-0.15, -0.1) is 0 Å². The zero-order valence-electron chi connectivity index (χ0n) is 21.7. The van der Waals surface area contributed by atoms with Gasteiger partial charge in [0.1, 0.15) is 11.6 Å². The van der Waals surface area contributed by atoms with Gasteiger partial charge in [0.25, 0.3) is 5.91 Å². The monoisotopic (exact) mass is 501 g/mol. The highest BCUT2D eigenvalue weighted by Gasteiger charge is 2.40. The summed E-state index contributed by atoms with van der Waals surface area (Å²) in [6, 6.07) is 8.19. The Kier molecular flexibility index (Phi) is 7.11. The Labute approximate surface area is 219 Å². The number of amides is 1. The highest BCUT2D eigenvalue weighted by Crippen LogP contribution is 2.41. The van der Waals surface area contributed by atoms with E-state index in [9.17, 15) is 4.79 Å². The number of piperidine rings is 1. The van der Waals surface area contributed by atoms with Crippen molar-refractivity contribution in [3.8, 4) is 0 Å². The largest absolute Gasteiger partial charge is 0.347 e. The lowest BCUT2D eigenvalue weighted by molar-refractivity contribution is 0.0721. The quantitative estimate of drug-likeness (QED) is 0.462. The first-order valence-corrected chi connectivity index (χ1v) is 13.9. The fourth-order valence-corrected chi connectivity index (χ4v) is 6.34. The number of likely N-dealkylation sites (tertiary alicyclic amines) is 2. The number of aromatic nitrogens is 4. The molecular formula is C29H39N7O. The summed E-state index contributed by atoms with van der Waals surface area (Å²) in [6.45, 7) is 8.08. The summed E-state index contributed by atoms with van der Waals surface area (Å²) in [4.78, 5) is 35.3. The molecule has 0 unspecified atom stereocenters. The molecule has 0 bridgehead atoms. The van der Waals surface area contributed by atoms with Crippen molar-refractivity contribution in [2.24, 2.45) is 11.3 Å². The van der Waals surface area contributed by atoms with Crippen molar-refractivity contribution in [1.82, 2.24) is 34.6 Å². The van der Waals surface area contributed by atoms with Gasteiger partial charge in [-0.25, -0.2) is 9.97 Å². The molecule has 1 aromatic carbocycles. The van der Waals surface area contributed by atoms with E-state index in [1.807, 2.05) is 12.1 Å². The van der Waals surface area contributed by atoms with Crippen LogP contribution >= 0.6 is 0 Å². The first-order chi connectivity index (χ1) is 18.1. The molecule has 6 rings (SSSR count). The van der Waals surface area contributed by atoms with Crippen LogP contribution in [0.5, 0.6) is 0 Å². The van der Waals surface area contributed by atoms with E-state index in [1.54, 1.807) is 29.7 Å². The minimum atomic E-state index is -0.0202. The highest BCUT2D eigenvalue weighted by atomic mass is 16.2. The van der Waals surface area contributed by atoms with Crippen LogP contribution in [0.2, 0.25) is 0 Å². The predicted molar refractivity (Wildman–Crippen MR) is 143 cm³/mol. The molecule has 8 heteroatoms. The molecule has 3 aromatic rings. The maximum absolute atomic E-state index is 13.4. The molecule has 0 radical (unpaired) electrons. The van der Waals surface area contributed by atoms with Gasteiger partial charge in [0.05, 0.1) is 13.1 Å². The zero-order chi connectivity index (χ0) is 25.1. The summed E-state index contributed by atoms with van der Waals surface area (Å²) < 4.78 is 0. The lowest BCUT2D eigenvalue weighted by Crippen LogP contribution is -2.44. The van der Waals surface area contributed by atoms with Gasteiger partial charge in [0, 0.05) is 50.0 Å². The Hall–Kier alpha value is -2.97. The van der Waals surface area contributed by atoms with E-state index in [4.69, 9.17) is 0 Å². The molecule has 1 amide bonds. The minimum Gasteiger partial charge on any atom is -0.347 e. The van der Waals surface area contributed by atoms with Gasteiger partial charge in [-0.2, -0.15) is 0 Å². The SMILES string of the molecule is O=C(c1ccc(CN2CCC3(CCN(CC4CCC4)CC3)C2)cc1)N(Cc1ncc[nH]1)Cc1ncc[nH]1. The van der Waals surface area contributed by atoms with Crippen LogP contribution in [0.15, 0.2) is 49.1 Å². The van der Waals surface area contributed by atoms with E-state index in [0.717, 1.165) is 24.1 Å². The highest BCUT2D eigenvalue weighted by molar-refractivity contribution is 5.94. The van der Waals surface area contributed by atoms with Crippen LogP contribution in [0.1, 0.15) is 66.1 Å². The summed E-state index contributed by atoms with van der Waals surface area (Å²) in [5.41, 5.74) is 2.49. The minimum absolute atomic E-state index is 0.0202. The fourth-order valence-electron chi connectivity index (χ4n) is 6.34. The molecule has 196 valence electrons. The van der Waals surface area contributed by atoms with Crippen molar-refractivity contribution in [2.45, 2.75) is 58.2 Å². The molecule has 2 N–H and O–H groups in total. The van der Waals surface area contributed by atoms with E-state index >= 15 is 0 Å². The molecule has 0 atom stereocenters.